The Morgan fingerprint density at radius 3 is 1.89 bits per heavy atom. The van der Waals surface area contributed by atoms with Gasteiger partial charge in [0, 0.05) is 0 Å². The van der Waals surface area contributed by atoms with Crippen LogP contribution < -0.4 is 0 Å². The first-order chi connectivity index (χ1) is 13.2. The monoisotopic (exact) mass is 383 g/mol. The fourth-order valence-corrected chi connectivity index (χ4v) is 4.83. The van der Waals surface area contributed by atoms with Gasteiger partial charge in [-0.15, -0.1) is 0 Å². The number of fused-ring (bicyclic) bond motifs is 1. The van der Waals surface area contributed by atoms with Crippen molar-refractivity contribution < 1.29 is 0 Å². The standard InChI is InChI=1S/C27H45N/c1-22-20-24-15-19-27(4,5)18-13-17-26(2,3)16-12-10-8-7-9-11-14-23(24)21-25(22)28-6/h20-21H,6-19H2,1-5H3. The first kappa shape index (κ1) is 23.2. The van der Waals surface area contributed by atoms with E-state index in [1.807, 2.05) is 0 Å². The molecule has 0 spiro atoms. The highest BCUT2D eigenvalue weighted by molar-refractivity contribution is 5.55. The minimum absolute atomic E-state index is 0.421. The number of benzene rings is 1. The highest BCUT2D eigenvalue weighted by Crippen LogP contribution is 2.36. The van der Waals surface area contributed by atoms with Crippen molar-refractivity contribution >= 4 is 12.4 Å². The van der Waals surface area contributed by atoms with Gasteiger partial charge in [0.05, 0.1) is 5.69 Å². The number of hydrogen-bond acceptors (Lipinski definition) is 1. The van der Waals surface area contributed by atoms with E-state index < -0.39 is 0 Å². The molecule has 0 aromatic heterocycles. The second-order valence-electron chi connectivity index (χ2n) is 10.9. The summed E-state index contributed by atoms with van der Waals surface area (Å²) in [5.74, 6) is 0. The Morgan fingerprint density at radius 1 is 0.679 bits per heavy atom. The largest absolute Gasteiger partial charge is 0.264 e. The van der Waals surface area contributed by atoms with E-state index >= 15 is 0 Å². The quantitative estimate of drug-likeness (QED) is 0.430. The average Bonchev–Trinajstić information content (AvgIpc) is 2.62. The predicted octanol–water partition coefficient (Wildman–Crippen LogP) is 8.77. The summed E-state index contributed by atoms with van der Waals surface area (Å²) >= 11 is 0. The van der Waals surface area contributed by atoms with Gasteiger partial charge in [-0.25, -0.2) is 0 Å². The molecule has 0 saturated carbocycles. The molecule has 0 N–H and O–H groups in total. The Labute approximate surface area is 175 Å². The van der Waals surface area contributed by atoms with E-state index in [2.05, 4.69) is 58.5 Å². The van der Waals surface area contributed by atoms with Crippen LogP contribution in [0.1, 0.15) is 115 Å². The third-order valence-corrected chi connectivity index (χ3v) is 7.02. The van der Waals surface area contributed by atoms with Gasteiger partial charge in [-0.05, 0) is 92.2 Å². The first-order valence-corrected chi connectivity index (χ1v) is 11.8. The molecule has 1 aromatic rings. The summed E-state index contributed by atoms with van der Waals surface area (Å²) < 4.78 is 0. The Kier molecular flexibility index (Phi) is 8.78. The van der Waals surface area contributed by atoms with Crippen molar-refractivity contribution in [2.45, 2.75) is 118 Å². The molecule has 0 fully saturated rings. The van der Waals surface area contributed by atoms with Crippen molar-refractivity contribution in [3.05, 3.63) is 28.8 Å². The Balaban J connectivity index is 2.14. The summed E-state index contributed by atoms with van der Waals surface area (Å²) in [6, 6.07) is 4.72. The summed E-state index contributed by atoms with van der Waals surface area (Å²) in [6.07, 6.45) is 17.4. The molecule has 1 aliphatic carbocycles. The van der Waals surface area contributed by atoms with Gasteiger partial charge in [0.15, 0.2) is 0 Å². The lowest BCUT2D eigenvalue weighted by Crippen LogP contribution is -2.16. The number of aliphatic imine (C=N–C) groups is 1. The van der Waals surface area contributed by atoms with Crippen LogP contribution in [0.15, 0.2) is 17.1 Å². The van der Waals surface area contributed by atoms with Gasteiger partial charge < -0.3 is 0 Å². The molecule has 0 heterocycles. The molecule has 2 rings (SSSR count). The molecular formula is C27H45N. The lowest BCUT2D eigenvalue weighted by Gasteiger charge is -2.29. The topological polar surface area (TPSA) is 12.4 Å². The summed E-state index contributed by atoms with van der Waals surface area (Å²) in [5.41, 5.74) is 6.37. The Morgan fingerprint density at radius 2 is 1.21 bits per heavy atom. The van der Waals surface area contributed by atoms with E-state index in [0.717, 1.165) is 5.69 Å². The third kappa shape index (κ3) is 7.72. The minimum Gasteiger partial charge on any atom is -0.264 e. The van der Waals surface area contributed by atoms with Crippen LogP contribution in [0, 0.1) is 17.8 Å². The molecule has 28 heavy (non-hydrogen) atoms. The molecule has 0 bridgehead atoms. The van der Waals surface area contributed by atoms with Crippen molar-refractivity contribution in [2.24, 2.45) is 15.8 Å². The molecule has 0 radical (unpaired) electrons. The van der Waals surface area contributed by atoms with Crippen molar-refractivity contribution in [1.82, 2.24) is 0 Å². The van der Waals surface area contributed by atoms with Gasteiger partial charge >= 0.3 is 0 Å². The van der Waals surface area contributed by atoms with E-state index in [1.165, 1.54) is 94.6 Å². The maximum Gasteiger partial charge on any atom is 0.0654 e. The second-order valence-corrected chi connectivity index (χ2v) is 10.9. The lowest BCUT2D eigenvalue weighted by molar-refractivity contribution is 0.239. The Bertz CT molecular complexity index is 623. The van der Waals surface area contributed by atoms with Crippen molar-refractivity contribution in [1.29, 1.82) is 0 Å². The SMILES string of the molecule is C=Nc1cc2c(cc1C)CCC(C)(C)CCCC(C)(C)CCCCCCCC2. The van der Waals surface area contributed by atoms with E-state index in [9.17, 15) is 0 Å². The van der Waals surface area contributed by atoms with E-state index in [0.29, 0.717) is 10.8 Å². The van der Waals surface area contributed by atoms with Crippen LogP contribution in [0.5, 0.6) is 0 Å². The summed E-state index contributed by atoms with van der Waals surface area (Å²) in [7, 11) is 0. The van der Waals surface area contributed by atoms with Gasteiger partial charge in [-0.2, -0.15) is 0 Å². The summed E-state index contributed by atoms with van der Waals surface area (Å²) in [6.45, 7) is 15.9. The highest BCUT2D eigenvalue weighted by Gasteiger charge is 2.22. The van der Waals surface area contributed by atoms with E-state index in [4.69, 9.17) is 0 Å². The molecule has 1 heteroatoms. The van der Waals surface area contributed by atoms with Crippen LogP contribution in [0.25, 0.3) is 0 Å². The highest BCUT2D eigenvalue weighted by atomic mass is 14.7. The maximum atomic E-state index is 4.26. The number of rotatable bonds is 1. The molecule has 158 valence electrons. The molecular weight excluding hydrogens is 338 g/mol. The lowest BCUT2D eigenvalue weighted by atomic mass is 9.76. The zero-order valence-electron chi connectivity index (χ0n) is 19.5. The summed E-state index contributed by atoms with van der Waals surface area (Å²) in [4.78, 5) is 4.26. The number of nitrogens with zero attached hydrogens (tertiary/aromatic N) is 1. The molecule has 1 nitrogen and oxygen atoms in total. The average molecular weight is 384 g/mol. The molecule has 0 amide bonds. The van der Waals surface area contributed by atoms with Crippen LogP contribution in [0.2, 0.25) is 0 Å². The van der Waals surface area contributed by atoms with Gasteiger partial charge in [0.1, 0.15) is 0 Å². The van der Waals surface area contributed by atoms with Crippen molar-refractivity contribution in [3.8, 4) is 0 Å². The first-order valence-electron chi connectivity index (χ1n) is 11.8. The van der Waals surface area contributed by atoms with Crippen LogP contribution in [0.4, 0.5) is 5.69 Å². The molecule has 0 aliphatic heterocycles. The fourth-order valence-electron chi connectivity index (χ4n) is 4.83. The molecule has 1 aromatic carbocycles. The van der Waals surface area contributed by atoms with Gasteiger partial charge in [-0.3, -0.25) is 4.99 Å². The van der Waals surface area contributed by atoms with Crippen LogP contribution in [-0.4, -0.2) is 6.72 Å². The van der Waals surface area contributed by atoms with Gasteiger partial charge in [0.25, 0.3) is 0 Å². The van der Waals surface area contributed by atoms with Crippen LogP contribution in [-0.2, 0) is 12.8 Å². The number of aryl methyl sites for hydroxylation is 3. The zero-order valence-corrected chi connectivity index (χ0v) is 19.5. The number of hydrogen-bond donors (Lipinski definition) is 0. The minimum atomic E-state index is 0.421. The third-order valence-electron chi connectivity index (χ3n) is 7.02. The molecule has 0 atom stereocenters. The Hall–Kier alpha value is -1.11. The van der Waals surface area contributed by atoms with Crippen LogP contribution in [0.3, 0.4) is 0 Å². The normalized spacial score (nSPS) is 22.0. The van der Waals surface area contributed by atoms with Crippen molar-refractivity contribution in [2.75, 3.05) is 0 Å². The zero-order chi connectivity index (χ0) is 20.6. The van der Waals surface area contributed by atoms with Gasteiger partial charge in [-0.1, -0.05) is 72.3 Å². The summed E-state index contributed by atoms with van der Waals surface area (Å²) in [5, 5.41) is 0. The predicted molar refractivity (Wildman–Crippen MR) is 126 cm³/mol. The van der Waals surface area contributed by atoms with E-state index in [1.54, 1.807) is 5.56 Å². The second kappa shape index (κ2) is 10.6. The molecule has 0 unspecified atom stereocenters. The molecule has 0 saturated heterocycles. The molecule has 1 aliphatic rings. The van der Waals surface area contributed by atoms with Crippen molar-refractivity contribution in [3.63, 3.8) is 0 Å². The maximum absolute atomic E-state index is 4.26. The van der Waals surface area contributed by atoms with Crippen LogP contribution >= 0.6 is 0 Å². The smallest absolute Gasteiger partial charge is 0.0654 e. The van der Waals surface area contributed by atoms with Gasteiger partial charge in [0.2, 0.25) is 0 Å². The van der Waals surface area contributed by atoms with E-state index in [-0.39, 0.29) is 0 Å². The fraction of sp³-hybridized carbons (Fsp3) is 0.741.